The Bertz CT molecular complexity index is 1350. The Morgan fingerprint density at radius 1 is 1.15 bits per heavy atom. The molecule has 3 fully saturated rings. The van der Waals surface area contributed by atoms with E-state index in [1.165, 1.54) is 31.2 Å². The molecule has 40 heavy (non-hydrogen) atoms. The van der Waals surface area contributed by atoms with Crippen LogP contribution in [0.3, 0.4) is 0 Å². The van der Waals surface area contributed by atoms with Crippen LogP contribution in [0.5, 0.6) is 5.75 Å². The highest BCUT2D eigenvalue weighted by atomic mass is 19.1. The first-order valence-corrected chi connectivity index (χ1v) is 13.7. The summed E-state index contributed by atoms with van der Waals surface area (Å²) in [4.78, 5) is 49.9. The van der Waals surface area contributed by atoms with E-state index < -0.39 is 70.3 Å². The third-order valence-corrected chi connectivity index (χ3v) is 10.3. The molecule has 0 aromatic heterocycles. The quantitative estimate of drug-likeness (QED) is 0.417. The summed E-state index contributed by atoms with van der Waals surface area (Å²) in [5, 5.41) is 23.5. The van der Waals surface area contributed by atoms with E-state index in [4.69, 9.17) is 9.47 Å². The fourth-order valence-electron chi connectivity index (χ4n) is 8.34. The Morgan fingerprint density at radius 2 is 1.85 bits per heavy atom. The number of aliphatic hydroxyl groups excluding tert-OH is 1. The zero-order valence-electron chi connectivity index (χ0n) is 23.1. The molecule has 3 saturated carbocycles. The number of alkyl halides is 1. The molecule has 0 heterocycles. The lowest BCUT2D eigenvalue weighted by atomic mass is 9.44. The van der Waals surface area contributed by atoms with E-state index >= 15 is 4.39 Å². The van der Waals surface area contributed by atoms with Crippen molar-refractivity contribution in [2.75, 3.05) is 6.61 Å². The van der Waals surface area contributed by atoms with Gasteiger partial charge in [0.25, 0.3) is 0 Å². The van der Waals surface area contributed by atoms with Crippen LogP contribution in [0.15, 0.2) is 48.1 Å². The third-order valence-electron chi connectivity index (χ3n) is 10.3. The highest BCUT2D eigenvalue weighted by molar-refractivity contribution is 6.01. The van der Waals surface area contributed by atoms with Crippen LogP contribution in [-0.2, 0) is 19.1 Å². The normalized spacial score (nSPS) is 39.9. The average molecular weight is 555 g/mol. The van der Waals surface area contributed by atoms with Crippen molar-refractivity contribution in [3.8, 4) is 5.75 Å². The van der Waals surface area contributed by atoms with Crippen molar-refractivity contribution in [3.63, 3.8) is 0 Å². The second kappa shape index (κ2) is 9.45. The summed E-state index contributed by atoms with van der Waals surface area (Å²) >= 11 is 0. The molecule has 0 radical (unpaired) electrons. The van der Waals surface area contributed by atoms with Crippen LogP contribution in [-0.4, -0.2) is 57.7 Å². The Morgan fingerprint density at radius 3 is 2.55 bits per heavy atom. The van der Waals surface area contributed by atoms with Gasteiger partial charge >= 0.3 is 11.9 Å². The number of allylic oxidation sites excluding steroid dienone is 4. The smallest absolute Gasteiger partial charge is 0.342 e. The number of halogens is 1. The summed E-state index contributed by atoms with van der Waals surface area (Å²) in [5.41, 5.74) is -5.82. The van der Waals surface area contributed by atoms with Gasteiger partial charge in [0.05, 0.1) is 6.10 Å². The number of carbonyl (C=O) groups excluding carboxylic acids is 4. The van der Waals surface area contributed by atoms with Crippen LogP contribution in [0.1, 0.15) is 63.7 Å². The van der Waals surface area contributed by atoms with Gasteiger partial charge in [-0.15, -0.1) is 0 Å². The lowest BCUT2D eigenvalue weighted by Gasteiger charge is -2.62. The predicted octanol–water partition coefficient (Wildman–Crippen LogP) is 3.69. The number of ketones is 2. The summed E-state index contributed by atoms with van der Waals surface area (Å²) in [6.45, 7) is 5.60. The van der Waals surface area contributed by atoms with Gasteiger partial charge in [0, 0.05) is 23.7 Å². The standard InChI is InChI=1S/C31H35FO8/c1-17-13-23-22-10-9-19-14-20(34)11-12-28(19,3)30(22,32)25(35)15-29(23,4)31(17,38)26(36)16-39-27(37)21-7-5-6-8-24(21)40-18(2)33/h5-8,11-12,14,17,22-23,25,35,38H,9-10,13,15-16H2,1-4H3/t17-,22+,23+,25+,28+,29+,30?,31+/m1/s1. The Balaban J connectivity index is 1.41. The van der Waals surface area contributed by atoms with Crippen molar-refractivity contribution in [3.05, 3.63) is 53.6 Å². The molecule has 5 rings (SSSR count). The molecule has 214 valence electrons. The molecule has 2 N–H and O–H groups in total. The minimum atomic E-state index is -2.08. The van der Waals surface area contributed by atoms with Crippen LogP contribution in [0.25, 0.3) is 0 Å². The number of aliphatic hydroxyl groups is 2. The van der Waals surface area contributed by atoms with Crippen molar-refractivity contribution < 1.29 is 43.3 Å². The van der Waals surface area contributed by atoms with Crippen molar-refractivity contribution in [2.45, 2.75) is 70.8 Å². The molecule has 9 heteroatoms. The topological polar surface area (TPSA) is 127 Å². The van der Waals surface area contributed by atoms with Gasteiger partial charge in [-0.1, -0.05) is 37.6 Å². The van der Waals surface area contributed by atoms with Gasteiger partial charge in [-0.2, -0.15) is 0 Å². The number of esters is 2. The van der Waals surface area contributed by atoms with E-state index in [1.54, 1.807) is 39.0 Å². The molecule has 4 aliphatic carbocycles. The fourth-order valence-corrected chi connectivity index (χ4v) is 8.34. The van der Waals surface area contributed by atoms with Crippen LogP contribution in [0.4, 0.5) is 4.39 Å². The first kappa shape index (κ1) is 28.4. The zero-order valence-corrected chi connectivity index (χ0v) is 23.1. The molecule has 1 aromatic carbocycles. The van der Waals surface area contributed by atoms with Gasteiger partial charge in [0.2, 0.25) is 5.78 Å². The molecular weight excluding hydrogens is 519 g/mol. The largest absolute Gasteiger partial charge is 0.454 e. The molecule has 0 bridgehead atoms. The molecule has 4 aliphatic rings. The van der Waals surface area contributed by atoms with E-state index in [0.29, 0.717) is 24.8 Å². The van der Waals surface area contributed by atoms with Gasteiger partial charge < -0.3 is 19.7 Å². The van der Waals surface area contributed by atoms with Crippen LogP contribution < -0.4 is 4.74 Å². The number of hydrogen-bond acceptors (Lipinski definition) is 8. The molecule has 1 aromatic rings. The summed E-state index contributed by atoms with van der Waals surface area (Å²) in [6, 6.07) is 5.95. The summed E-state index contributed by atoms with van der Waals surface area (Å²) in [7, 11) is 0. The van der Waals surface area contributed by atoms with Crippen LogP contribution >= 0.6 is 0 Å². The summed E-state index contributed by atoms with van der Waals surface area (Å²) in [6.07, 6.45) is 3.88. The highest BCUT2D eigenvalue weighted by Gasteiger charge is 2.75. The first-order chi connectivity index (χ1) is 18.7. The SMILES string of the molecule is CC(=O)Oc1ccccc1C(=O)OCC(=O)[C@@]1(O)[C@H](C)C[C@H]2[C@@H]3CCC4=CC(=O)C=C[C@]4(C)C3(F)[C@@H](O)C[C@@]21C. The summed E-state index contributed by atoms with van der Waals surface area (Å²) in [5.74, 6) is -4.16. The van der Waals surface area contributed by atoms with Crippen LogP contribution in [0, 0.1) is 28.6 Å². The minimum absolute atomic E-state index is 0.0141. The monoisotopic (exact) mass is 554 g/mol. The zero-order chi connectivity index (χ0) is 29.3. The number of hydrogen-bond donors (Lipinski definition) is 2. The number of Topliss-reactive ketones (excluding diaryl/α,β-unsaturated/α-hetero) is 1. The third kappa shape index (κ3) is 3.77. The fraction of sp³-hybridized carbons (Fsp3) is 0.548. The number of ether oxygens (including phenoxy) is 2. The van der Waals surface area contributed by atoms with Gasteiger partial charge in [0.15, 0.2) is 18.1 Å². The number of para-hydroxylation sites is 1. The molecule has 1 unspecified atom stereocenters. The van der Waals surface area contributed by atoms with E-state index in [0.717, 1.165) is 0 Å². The Labute approximate surface area is 232 Å². The second-order valence-electron chi connectivity index (χ2n) is 12.3. The van der Waals surface area contributed by atoms with Crippen LogP contribution in [0.2, 0.25) is 0 Å². The number of benzene rings is 1. The molecule has 8 atom stereocenters. The van der Waals surface area contributed by atoms with Crippen molar-refractivity contribution in [1.29, 1.82) is 0 Å². The Kier molecular flexibility index (Phi) is 6.70. The van der Waals surface area contributed by atoms with E-state index in [2.05, 4.69) is 0 Å². The highest BCUT2D eigenvalue weighted by Crippen LogP contribution is 2.70. The number of carbonyl (C=O) groups is 4. The van der Waals surface area contributed by atoms with Gasteiger partial charge in [-0.3, -0.25) is 14.4 Å². The first-order valence-electron chi connectivity index (χ1n) is 13.7. The van der Waals surface area contributed by atoms with Crippen molar-refractivity contribution in [2.24, 2.45) is 28.6 Å². The van der Waals surface area contributed by atoms with Gasteiger partial charge in [0.1, 0.15) is 16.9 Å². The summed E-state index contributed by atoms with van der Waals surface area (Å²) < 4.78 is 27.6. The lowest BCUT2D eigenvalue weighted by Crippen LogP contribution is -2.69. The molecule has 0 saturated heterocycles. The maximum Gasteiger partial charge on any atom is 0.342 e. The molecule has 0 spiro atoms. The van der Waals surface area contributed by atoms with E-state index in [1.807, 2.05) is 0 Å². The lowest BCUT2D eigenvalue weighted by molar-refractivity contribution is -0.219. The molecule has 0 amide bonds. The predicted molar refractivity (Wildman–Crippen MR) is 141 cm³/mol. The molecular formula is C31H35FO8. The van der Waals surface area contributed by atoms with E-state index in [-0.39, 0.29) is 23.5 Å². The minimum Gasteiger partial charge on any atom is -0.454 e. The Hall–Kier alpha value is -3.17. The van der Waals surface area contributed by atoms with Gasteiger partial charge in [-0.05, 0) is 68.7 Å². The van der Waals surface area contributed by atoms with Crippen molar-refractivity contribution in [1.82, 2.24) is 0 Å². The number of rotatable bonds is 5. The maximum absolute atomic E-state index is 17.3. The maximum atomic E-state index is 17.3. The number of fused-ring (bicyclic) bond motifs is 5. The molecule has 0 aliphatic heterocycles. The second-order valence-corrected chi connectivity index (χ2v) is 12.3. The van der Waals surface area contributed by atoms with Crippen molar-refractivity contribution >= 4 is 23.5 Å². The van der Waals surface area contributed by atoms with Gasteiger partial charge in [-0.25, -0.2) is 9.18 Å². The average Bonchev–Trinajstić information content (AvgIpc) is 3.09. The molecule has 8 nitrogen and oxygen atoms in total. The van der Waals surface area contributed by atoms with E-state index in [9.17, 15) is 29.4 Å².